The summed E-state index contributed by atoms with van der Waals surface area (Å²) in [4.78, 5) is 0. The maximum absolute atomic E-state index is 2.33. The van der Waals surface area contributed by atoms with E-state index < -0.39 is 0 Å². The molecule has 0 amide bonds. The van der Waals surface area contributed by atoms with Gasteiger partial charge < -0.3 is 21.5 Å². The van der Waals surface area contributed by atoms with Crippen molar-refractivity contribution in [1.82, 2.24) is 0 Å². The molecule has 0 radical (unpaired) electrons. The van der Waals surface area contributed by atoms with Gasteiger partial charge in [-0.25, -0.2) is 0 Å². The van der Waals surface area contributed by atoms with E-state index in [1.807, 2.05) is 0 Å². The van der Waals surface area contributed by atoms with Gasteiger partial charge in [-0.1, -0.05) is 6.92 Å². The van der Waals surface area contributed by atoms with Crippen molar-refractivity contribution in [2.24, 2.45) is 0 Å². The van der Waals surface area contributed by atoms with Gasteiger partial charge in [0.05, 0.1) is 26.2 Å². The van der Waals surface area contributed by atoms with Crippen molar-refractivity contribution in [3.63, 3.8) is 0 Å². The van der Waals surface area contributed by atoms with E-state index in [4.69, 9.17) is 0 Å². The van der Waals surface area contributed by atoms with Crippen LogP contribution in [0.5, 0.6) is 0 Å². The summed E-state index contributed by atoms with van der Waals surface area (Å²) in [5.41, 5.74) is 0. The van der Waals surface area contributed by atoms with Crippen molar-refractivity contribution in [1.29, 1.82) is 0 Å². The first kappa shape index (κ1) is 11.4. The lowest BCUT2D eigenvalue weighted by Gasteiger charge is -2.32. The van der Waals surface area contributed by atoms with E-state index in [-0.39, 0.29) is 17.0 Å². The molecule has 0 bridgehead atoms. The lowest BCUT2D eigenvalue weighted by atomic mass is 10.3. The maximum Gasteiger partial charge on any atom is 0.0788 e. The van der Waals surface area contributed by atoms with Crippen molar-refractivity contribution in [3.8, 4) is 0 Å². The molecule has 1 rings (SSSR count). The summed E-state index contributed by atoms with van der Waals surface area (Å²) in [7, 11) is 0. The molecule has 1 aliphatic heterocycles. The molecule has 0 unspecified atom stereocenters. The number of quaternary nitrogens is 1. The van der Waals surface area contributed by atoms with Gasteiger partial charge in [0, 0.05) is 12.8 Å². The average Bonchev–Trinajstić information content (AvgIpc) is 2.39. The molecule has 0 aromatic carbocycles. The normalized spacial score (nSPS) is 21.3. The summed E-state index contributed by atoms with van der Waals surface area (Å²) in [5.74, 6) is 0. The average molecular weight is 222 g/mol. The fourth-order valence-electron chi connectivity index (χ4n) is 2.18. The Labute approximate surface area is 81.1 Å². The van der Waals surface area contributed by atoms with Gasteiger partial charge in [0.1, 0.15) is 0 Å². The molecule has 11 heavy (non-hydrogen) atoms. The first-order valence-corrected chi connectivity index (χ1v) is 4.68. The van der Waals surface area contributed by atoms with Gasteiger partial charge in [-0.15, -0.1) is 0 Å². The number of halogens is 1. The van der Waals surface area contributed by atoms with Crippen LogP contribution >= 0.6 is 0 Å². The van der Waals surface area contributed by atoms with Crippen molar-refractivity contribution in [2.45, 2.75) is 33.1 Å². The molecular formula is C9H20BrN. The van der Waals surface area contributed by atoms with Crippen molar-refractivity contribution in [3.05, 3.63) is 0 Å². The third kappa shape index (κ3) is 2.75. The highest BCUT2D eigenvalue weighted by molar-refractivity contribution is 4.52. The monoisotopic (exact) mass is 221 g/mol. The maximum atomic E-state index is 2.33. The number of rotatable bonds is 3. The third-order valence-corrected chi connectivity index (χ3v) is 2.88. The van der Waals surface area contributed by atoms with Gasteiger partial charge in [0.2, 0.25) is 0 Å². The van der Waals surface area contributed by atoms with Crippen LogP contribution in [0.3, 0.4) is 0 Å². The van der Waals surface area contributed by atoms with E-state index in [9.17, 15) is 0 Å². The molecule has 0 atom stereocenters. The van der Waals surface area contributed by atoms with Crippen molar-refractivity contribution < 1.29 is 21.5 Å². The van der Waals surface area contributed by atoms with Gasteiger partial charge in [-0.3, -0.25) is 0 Å². The van der Waals surface area contributed by atoms with E-state index in [0.717, 1.165) is 0 Å². The summed E-state index contributed by atoms with van der Waals surface area (Å²) >= 11 is 0. The standard InChI is InChI=1S/C9H20N.BrH/c1-3-7-10(4-2)8-5-6-9-10;/h3-9H2,1-2H3;1H/q+1;/p-1. The predicted molar refractivity (Wildman–Crippen MR) is 44.9 cm³/mol. The highest BCUT2D eigenvalue weighted by Crippen LogP contribution is 2.18. The lowest BCUT2D eigenvalue weighted by molar-refractivity contribution is -0.915. The van der Waals surface area contributed by atoms with Crippen LogP contribution in [0.25, 0.3) is 0 Å². The van der Waals surface area contributed by atoms with Crippen LogP contribution in [-0.2, 0) is 0 Å². The molecule has 1 nitrogen and oxygen atoms in total. The van der Waals surface area contributed by atoms with Gasteiger partial charge in [0.25, 0.3) is 0 Å². The lowest BCUT2D eigenvalue weighted by Crippen LogP contribution is -3.00. The molecule has 0 saturated carbocycles. The third-order valence-electron chi connectivity index (χ3n) is 2.88. The van der Waals surface area contributed by atoms with E-state index in [1.54, 1.807) is 0 Å². The van der Waals surface area contributed by atoms with Gasteiger partial charge in [-0.05, 0) is 13.3 Å². The molecule has 1 heterocycles. The Kier molecular flexibility index (Phi) is 5.36. The second-order valence-corrected chi connectivity index (χ2v) is 3.54. The zero-order valence-corrected chi connectivity index (χ0v) is 9.36. The fraction of sp³-hybridized carbons (Fsp3) is 1.00. The molecule has 1 fully saturated rings. The summed E-state index contributed by atoms with van der Waals surface area (Å²) < 4.78 is 1.41. The Balaban J connectivity index is 0.000001000. The van der Waals surface area contributed by atoms with Crippen LogP contribution in [0.4, 0.5) is 0 Å². The smallest absolute Gasteiger partial charge is 0.0788 e. The minimum absolute atomic E-state index is 0. The summed E-state index contributed by atoms with van der Waals surface area (Å²) in [6, 6.07) is 0. The summed E-state index contributed by atoms with van der Waals surface area (Å²) in [6.07, 6.45) is 4.29. The van der Waals surface area contributed by atoms with Gasteiger partial charge in [-0.2, -0.15) is 0 Å². The van der Waals surface area contributed by atoms with E-state index >= 15 is 0 Å². The highest BCUT2D eigenvalue weighted by atomic mass is 79.9. The SMILES string of the molecule is CCC[N+]1(CC)CCCC1.[Br-]. The van der Waals surface area contributed by atoms with Crippen LogP contribution in [-0.4, -0.2) is 30.7 Å². The molecular weight excluding hydrogens is 202 g/mol. The Hall–Kier alpha value is 0.440. The van der Waals surface area contributed by atoms with E-state index in [0.29, 0.717) is 0 Å². The Morgan fingerprint density at radius 3 is 2.00 bits per heavy atom. The number of hydrogen-bond donors (Lipinski definition) is 0. The van der Waals surface area contributed by atoms with Gasteiger partial charge >= 0.3 is 0 Å². The van der Waals surface area contributed by atoms with E-state index in [1.165, 1.54) is 49.9 Å². The topological polar surface area (TPSA) is 0 Å². The minimum atomic E-state index is 0. The molecule has 0 aromatic heterocycles. The molecule has 2 heteroatoms. The largest absolute Gasteiger partial charge is 1.00 e. The quantitative estimate of drug-likeness (QED) is 0.539. The summed E-state index contributed by atoms with van der Waals surface area (Å²) in [5, 5.41) is 0. The molecule has 1 saturated heterocycles. The van der Waals surface area contributed by atoms with Gasteiger partial charge in [0.15, 0.2) is 0 Å². The second kappa shape index (κ2) is 5.15. The first-order chi connectivity index (χ1) is 4.83. The molecule has 0 N–H and O–H groups in total. The molecule has 0 aliphatic carbocycles. The zero-order valence-electron chi connectivity index (χ0n) is 7.77. The Bertz CT molecular complexity index is 97.7. The van der Waals surface area contributed by atoms with E-state index in [2.05, 4.69) is 13.8 Å². The predicted octanol–water partition coefficient (Wildman–Crippen LogP) is -0.969. The molecule has 0 aromatic rings. The zero-order chi connectivity index (χ0) is 7.45. The number of hydrogen-bond acceptors (Lipinski definition) is 0. The second-order valence-electron chi connectivity index (χ2n) is 3.54. The van der Waals surface area contributed by atoms with Crippen LogP contribution in [0.2, 0.25) is 0 Å². The van der Waals surface area contributed by atoms with Crippen molar-refractivity contribution >= 4 is 0 Å². The Morgan fingerprint density at radius 2 is 1.64 bits per heavy atom. The Morgan fingerprint density at radius 1 is 1.09 bits per heavy atom. The fourth-order valence-corrected chi connectivity index (χ4v) is 2.18. The minimum Gasteiger partial charge on any atom is -1.00 e. The van der Waals surface area contributed by atoms with Crippen LogP contribution in [0.1, 0.15) is 33.1 Å². The van der Waals surface area contributed by atoms with Crippen molar-refractivity contribution in [2.75, 3.05) is 26.2 Å². The number of nitrogens with zero attached hydrogens (tertiary/aromatic N) is 1. The molecule has 68 valence electrons. The number of likely N-dealkylation sites (tertiary alicyclic amines) is 1. The summed E-state index contributed by atoms with van der Waals surface area (Å²) in [6.45, 7) is 10.3. The first-order valence-electron chi connectivity index (χ1n) is 4.68. The molecule has 0 spiro atoms. The van der Waals surface area contributed by atoms with Crippen LogP contribution < -0.4 is 17.0 Å². The van der Waals surface area contributed by atoms with Crippen LogP contribution in [0.15, 0.2) is 0 Å². The van der Waals surface area contributed by atoms with Crippen LogP contribution in [0, 0.1) is 0 Å². The molecule has 1 aliphatic rings. The highest BCUT2D eigenvalue weighted by Gasteiger charge is 2.28.